The molecule has 0 unspecified atom stereocenters. The van der Waals surface area contributed by atoms with E-state index in [0.29, 0.717) is 31.2 Å². The molecule has 2 heterocycles. The number of nitrogens with one attached hydrogen (secondary N) is 3. The van der Waals surface area contributed by atoms with Crippen LogP contribution in [0.5, 0.6) is 0 Å². The van der Waals surface area contributed by atoms with Gasteiger partial charge in [-0.15, -0.1) is 11.8 Å². The highest BCUT2D eigenvalue weighted by molar-refractivity contribution is 7.99. The van der Waals surface area contributed by atoms with Crippen molar-refractivity contribution in [2.45, 2.75) is 111 Å². The highest BCUT2D eigenvalue weighted by Crippen LogP contribution is 2.42. The summed E-state index contributed by atoms with van der Waals surface area (Å²) in [6, 6.07) is 17.8. The minimum atomic E-state index is -6.08. The second kappa shape index (κ2) is 25.7. The lowest BCUT2D eigenvalue weighted by Crippen LogP contribution is -2.47. The van der Waals surface area contributed by atoms with Gasteiger partial charge in [-0.1, -0.05) is 69.5 Å². The molecule has 0 spiro atoms. The predicted molar refractivity (Wildman–Crippen MR) is 283 cm³/mol. The Hall–Kier alpha value is -4.40. The lowest BCUT2D eigenvalue weighted by atomic mass is 9.72. The number of alkyl halides is 3. The van der Waals surface area contributed by atoms with E-state index < -0.39 is 52.8 Å². The van der Waals surface area contributed by atoms with Crippen molar-refractivity contribution in [1.82, 2.24) is 24.7 Å². The Morgan fingerprint density at radius 2 is 1.47 bits per heavy atom. The standard InChI is InChI=1S/C53H74F3N7O6S3/c1-6-13-40(2)47-37-52(3,4)25-23-42(47)38-62-32-34-63(35-33-62)44-19-17-41(18-20-44)51(65)59-72(68,69)46-21-22-48(49(36-46)71(66,67)53(54,55)56)58-43(39-70-45-14-9-7-10-15-45)24-27-61-30-28-60(29-31-61)26-12-8-11-16-50(64)57-5/h7,9-10,14-15,17-22,36,43,58H,2,6,8,11-13,16,23-35,37-39H2,1,3-5H3,(H,57,64)(H,59,65)/t43-/m1/s1. The second-order valence-corrected chi connectivity index (χ2v) is 24.7. The fraction of sp³-hybridized carbons (Fsp3) is 0.547. The zero-order valence-electron chi connectivity index (χ0n) is 42.4. The van der Waals surface area contributed by atoms with Gasteiger partial charge in [0.15, 0.2) is 0 Å². The SMILES string of the molecule is C=C(CCC)C1=C(CN2CCN(c3ccc(C(=O)NS(=O)(=O)c4ccc(N[C@H](CCN5CCN(CCCCCC(=O)NC)CC5)CSc5ccccc5)c(S(=O)(=O)C(F)(F)F)c4)cc3)CC2)CCC(C)(C)C1. The van der Waals surface area contributed by atoms with Crippen LogP contribution in [0.2, 0.25) is 0 Å². The van der Waals surface area contributed by atoms with Crippen LogP contribution < -0.4 is 20.3 Å². The Morgan fingerprint density at radius 1 is 0.819 bits per heavy atom. The summed E-state index contributed by atoms with van der Waals surface area (Å²) in [5, 5.41) is 5.69. The molecular formula is C53H74F3N7O6S3. The number of thioether (sulfide) groups is 1. The molecule has 6 rings (SSSR count). The van der Waals surface area contributed by atoms with E-state index in [4.69, 9.17) is 0 Å². The van der Waals surface area contributed by atoms with Crippen molar-refractivity contribution in [3.8, 4) is 0 Å². The number of halogens is 3. The monoisotopic (exact) mass is 1060 g/mol. The van der Waals surface area contributed by atoms with Gasteiger partial charge in [-0.05, 0) is 117 Å². The molecule has 2 fully saturated rings. The number of amides is 2. The fourth-order valence-corrected chi connectivity index (χ4v) is 12.6. The number of carbonyl (C=O) groups excluding carboxylic acids is 2. The van der Waals surface area contributed by atoms with E-state index in [9.17, 15) is 39.6 Å². The van der Waals surface area contributed by atoms with Gasteiger partial charge in [-0.3, -0.25) is 14.5 Å². The van der Waals surface area contributed by atoms with E-state index in [-0.39, 0.29) is 16.9 Å². The minimum Gasteiger partial charge on any atom is -0.380 e. The number of carbonyl (C=O) groups is 2. The number of allylic oxidation sites excluding steroid dienone is 2. The van der Waals surface area contributed by atoms with E-state index in [0.717, 1.165) is 140 Å². The number of rotatable bonds is 24. The molecule has 2 amide bonds. The number of piperazine rings is 2. The first-order valence-electron chi connectivity index (χ1n) is 25.3. The molecule has 0 radical (unpaired) electrons. The number of unbranched alkanes of at least 4 members (excludes halogenated alkanes) is 2. The first-order valence-corrected chi connectivity index (χ1v) is 29.2. The van der Waals surface area contributed by atoms with Gasteiger partial charge >= 0.3 is 5.51 Å². The Labute approximate surface area is 430 Å². The molecule has 3 aliphatic rings. The smallest absolute Gasteiger partial charge is 0.380 e. The van der Waals surface area contributed by atoms with E-state index >= 15 is 0 Å². The van der Waals surface area contributed by atoms with Gasteiger partial charge in [0.05, 0.1) is 10.6 Å². The molecule has 3 aromatic rings. The summed E-state index contributed by atoms with van der Waals surface area (Å²) in [6.07, 6.45) is 9.08. The molecular weight excluding hydrogens is 984 g/mol. The van der Waals surface area contributed by atoms with Crippen LogP contribution in [-0.2, 0) is 24.7 Å². The number of benzene rings is 3. The van der Waals surface area contributed by atoms with E-state index in [2.05, 4.69) is 57.6 Å². The topological polar surface area (TPSA) is 151 Å². The van der Waals surface area contributed by atoms with Crippen molar-refractivity contribution in [2.75, 3.05) is 95.0 Å². The maximum atomic E-state index is 14.3. The van der Waals surface area contributed by atoms with Gasteiger partial charge in [0.2, 0.25) is 5.91 Å². The number of hydrogen-bond donors (Lipinski definition) is 3. The third-order valence-electron chi connectivity index (χ3n) is 14.0. The van der Waals surface area contributed by atoms with Gasteiger partial charge in [-0.2, -0.15) is 13.2 Å². The molecule has 2 aliphatic heterocycles. The van der Waals surface area contributed by atoms with Crippen LogP contribution in [0.4, 0.5) is 24.5 Å². The van der Waals surface area contributed by atoms with Crippen LogP contribution in [0.15, 0.2) is 111 Å². The van der Waals surface area contributed by atoms with Gasteiger partial charge in [-0.25, -0.2) is 21.6 Å². The number of anilines is 2. The first kappa shape index (κ1) is 56.9. The van der Waals surface area contributed by atoms with Gasteiger partial charge in [0, 0.05) is 107 Å². The van der Waals surface area contributed by atoms with E-state index in [1.807, 2.05) is 35.1 Å². The molecule has 2 saturated heterocycles. The van der Waals surface area contributed by atoms with Crippen molar-refractivity contribution in [3.05, 3.63) is 102 Å². The van der Waals surface area contributed by atoms with Crippen LogP contribution >= 0.6 is 11.8 Å². The molecule has 0 bridgehead atoms. The van der Waals surface area contributed by atoms with Crippen LogP contribution in [0.3, 0.4) is 0 Å². The minimum absolute atomic E-state index is 0.00376. The summed E-state index contributed by atoms with van der Waals surface area (Å²) >= 11 is 1.46. The molecule has 3 N–H and O–H groups in total. The lowest BCUT2D eigenvalue weighted by molar-refractivity contribution is -0.120. The van der Waals surface area contributed by atoms with Crippen molar-refractivity contribution in [2.24, 2.45) is 5.41 Å². The predicted octanol–water partition coefficient (Wildman–Crippen LogP) is 8.97. The third kappa shape index (κ3) is 16.1. The summed E-state index contributed by atoms with van der Waals surface area (Å²) in [5.41, 5.74) is -0.834. The van der Waals surface area contributed by atoms with Crippen LogP contribution in [0.25, 0.3) is 0 Å². The zero-order chi connectivity index (χ0) is 52.1. The third-order valence-corrected chi connectivity index (χ3v) is 18.0. The average Bonchev–Trinajstić information content (AvgIpc) is 3.35. The Bertz CT molecular complexity index is 2560. The molecule has 19 heteroatoms. The average molecular weight is 1060 g/mol. The van der Waals surface area contributed by atoms with E-state index in [1.54, 1.807) is 19.2 Å². The quantitative estimate of drug-likeness (QED) is 0.0581. The number of sulfone groups is 1. The van der Waals surface area contributed by atoms with E-state index in [1.165, 1.54) is 40.6 Å². The normalized spacial score (nSPS) is 17.9. The largest absolute Gasteiger partial charge is 0.501 e. The second-order valence-electron chi connectivity index (χ2n) is 20.0. The summed E-state index contributed by atoms with van der Waals surface area (Å²) in [7, 11) is -9.30. The van der Waals surface area contributed by atoms with Crippen molar-refractivity contribution in [3.63, 3.8) is 0 Å². The van der Waals surface area contributed by atoms with Gasteiger partial charge in [0.25, 0.3) is 25.8 Å². The van der Waals surface area contributed by atoms with Gasteiger partial charge < -0.3 is 25.3 Å². The maximum absolute atomic E-state index is 14.3. The summed E-state index contributed by atoms with van der Waals surface area (Å²) in [6.45, 7) is 20.1. The molecule has 1 atom stereocenters. The number of hydrogen-bond acceptors (Lipinski definition) is 12. The van der Waals surface area contributed by atoms with Crippen LogP contribution in [-0.4, -0.2) is 140 Å². The fourth-order valence-electron chi connectivity index (χ4n) is 9.60. The Kier molecular flexibility index (Phi) is 20.3. The van der Waals surface area contributed by atoms with Crippen molar-refractivity contribution < 1.29 is 39.6 Å². The number of nitrogens with zero attached hydrogens (tertiary/aromatic N) is 4. The zero-order valence-corrected chi connectivity index (χ0v) is 44.8. The molecule has 0 aromatic heterocycles. The maximum Gasteiger partial charge on any atom is 0.501 e. The molecule has 0 saturated carbocycles. The Balaban J connectivity index is 1.09. The van der Waals surface area contributed by atoms with Crippen molar-refractivity contribution >= 4 is 54.8 Å². The summed E-state index contributed by atoms with van der Waals surface area (Å²) in [5.74, 6) is -0.615. The summed E-state index contributed by atoms with van der Waals surface area (Å²) < 4.78 is 98.8. The Morgan fingerprint density at radius 3 is 2.11 bits per heavy atom. The number of sulfonamides is 1. The van der Waals surface area contributed by atoms with Crippen LogP contribution in [0.1, 0.15) is 95.3 Å². The summed E-state index contributed by atoms with van der Waals surface area (Å²) in [4.78, 5) is 33.1. The molecule has 1 aliphatic carbocycles. The molecule has 3 aromatic carbocycles. The van der Waals surface area contributed by atoms with Gasteiger partial charge in [0.1, 0.15) is 4.90 Å². The van der Waals surface area contributed by atoms with Crippen LogP contribution in [0, 0.1) is 5.41 Å². The molecule has 72 heavy (non-hydrogen) atoms. The molecule has 396 valence electrons. The highest BCUT2D eigenvalue weighted by atomic mass is 32.2. The lowest BCUT2D eigenvalue weighted by Gasteiger charge is -2.39. The highest BCUT2D eigenvalue weighted by Gasteiger charge is 2.48. The molecule has 13 nitrogen and oxygen atoms in total. The van der Waals surface area contributed by atoms with Crippen molar-refractivity contribution in [1.29, 1.82) is 0 Å². The first-order chi connectivity index (χ1) is 34.2.